The molecule has 2 N–H and O–H groups in total. The van der Waals surface area contributed by atoms with Crippen LogP contribution in [0.15, 0.2) is 6.07 Å². The van der Waals surface area contributed by atoms with Gasteiger partial charge < -0.3 is 10.2 Å². The maximum Gasteiger partial charge on any atom is 0.417 e. The maximum absolute atomic E-state index is 13.9. The summed E-state index contributed by atoms with van der Waals surface area (Å²) in [4.78, 5) is 19.3. The van der Waals surface area contributed by atoms with Crippen LogP contribution in [0.25, 0.3) is 11.0 Å². The van der Waals surface area contributed by atoms with Crippen molar-refractivity contribution in [1.82, 2.24) is 20.1 Å². The Hall–Kier alpha value is -2.32. The van der Waals surface area contributed by atoms with E-state index in [1.54, 1.807) is 0 Å². The number of carbonyl (C=O) groups is 1. The molecule has 3 heterocycles. The van der Waals surface area contributed by atoms with E-state index in [0.717, 1.165) is 44.6 Å². The second-order valence-electron chi connectivity index (χ2n) is 9.15. The van der Waals surface area contributed by atoms with E-state index in [1.807, 2.05) is 18.7 Å². The van der Waals surface area contributed by atoms with Crippen molar-refractivity contribution in [2.75, 3.05) is 18.4 Å². The predicted octanol–water partition coefficient (Wildman–Crippen LogP) is 5.08. The highest BCUT2D eigenvalue weighted by Crippen LogP contribution is 2.40. The number of nitrogens with one attached hydrogen (secondary N) is 2. The van der Waals surface area contributed by atoms with Crippen molar-refractivity contribution in [3.05, 3.63) is 17.3 Å². The number of pyridine rings is 1. The minimum atomic E-state index is -4.53. The Labute approximate surface area is 180 Å². The molecule has 0 spiro atoms. The molecule has 31 heavy (non-hydrogen) atoms. The third-order valence-electron chi connectivity index (χ3n) is 6.39. The van der Waals surface area contributed by atoms with Crippen LogP contribution in [0.2, 0.25) is 0 Å². The molecular weight excluding hydrogens is 407 g/mol. The number of anilines is 1. The summed E-state index contributed by atoms with van der Waals surface area (Å²) in [6.07, 6.45) is 2.13. The van der Waals surface area contributed by atoms with Gasteiger partial charge in [-0.15, -0.1) is 0 Å². The van der Waals surface area contributed by atoms with E-state index in [4.69, 9.17) is 0 Å². The van der Waals surface area contributed by atoms with Gasteiger partial charge in [0.25, 0.3) is 0 Å². The summed E-state index contributed by atoms with van der Waals surface area (Å²) in [5, 5.41) is 9.63. The predicted molar refractivity (Wildman–Crippen MR) is 113 cm³/mol. The number of aromatic amines is 1. The third kappa shape index (κ3) is 4.65. The standard InChI is InChI=1S/C22H30F3N5O/c1-13(2)26-19-18-16(22(23,24)25)11-17(27-20(18)29-28-19)15-9-6-10-30(12-15)21(31)14-7-4-3-5-8-14/h11,13-15H,3-10,12H2,1-2H3,(H2,26,27,28,29)/t15-/m0/s1. The molecule has 1 aliphatic heterocycles. The lowest BCUT2D eigenvalue weighted by atomic mass is 9.86. The summed E-state index contributed by atoms with van der Waals surface area (Å²) in [6.45, 7) is 4.79. The van der Waals surface area contributed by atoms with Gasteiger partial charge in [-0.1, -0.05) is 19.3 Å². The second kappa shape index (κ2) is 8.67. The summed E-state index contributed by atoms with van der Waals surface area (Å²) in [7, 11) is 0. The van der Waals surface area contributed by atoms with Crippen LogP contribution < -0.4 is 5.32 Å². The van der Waals surface area contributed by atoms with Gasteiger partial charge in [-0.3, -0.25) is 9.89 Å². The van der Waals surface area contributed by atoms with E-state index >= 15 is 0 Å². The second-order valence-corrected chi connectivity index (χ2v) is 9.15. The third-order valence-corrected chi connectivity index (χ3v) is 6.39. The zero-order chi connectivity index (χ0) is 22.2. The minimum Gasteiger partial charge on any atom is -0.366 e. The molecule has 1 saturated heterocycles. The van der Waals surface area contributed by atoms with Crippen molar-refractivity contribution < 1.29 is 18.0 Å². The SMILES string of the molecule is CC(C)Nc1n[nH]c2nc([C@H]3CCCN(C(=O)C4CCCCC4)C3)cc(C(F)(F)F)c12. The van der Waals surface area contributed by atoms with Gasteiger partial charge in [0.05, 0.1) is 10.9 Å². The lowest BCUT2D eigenvalue weighted by Crippen LogP contribution is -2.43. The zero-order valence-electron chi connectivity index (χ0n) is 18.1. The molecule has 0 bridgehead atoms. The van der Waals surface area contributed by atoms with E-state index < -0.39 is 11.7 Å². The molecule has 1 aliphatic carbocycles. The molecule has 1 atom stereocenters. The van der Waals surface area contributed by atoms with Crippen LogP contribution in [0.3, 0.4) is 0 Å². The quantitative estimate of drug-likeness (QED) is 0.699. The van der Waals surface area contributed by atoms with E-state index in [9.17, 15) is 18.0 Å². The number of carbonyl (C=O) groups excluding carboxylic acids is 1. The number of fused-ring (bicyclic) bond motifs is 1. The molecule has 0 aromatic carbocycles. The molecule has 1 saturated carbocycles. The van der Waals surface area contributed by atoms with Crippen LogP contribution in [0.5, 0.6) is 0 Å². The number of likely N-dealkylation sites (tertiary alicyclic amines) is 1. The number of aromatic nitrogens is 3. The highest BCUT2D eigenvalue weighted by Gasteiger charge is 2.37. The average molecular weight is 438 g/mol. The van der Waals surface area contributed by atoms with Gasteiger partial charge in [-0.05, 0) is 45.6 Å². The molecule has 1 amide bonds. The highest BCUT2D eigenvalue weighted by molar-refractivity contribution is 5.91. The first-order chi connectivity index (χ1) is 14.7. The van der Waals surface area contributed by atoms with Gasteiger partial charge in [0.15, 0.2) is 11.5 Å². The van der Waals surface area contributed by atoms with E-state index in [2.05, 4.69) is 20.5 Å². The van der Waals surface area contributed by atoms with Crippen molar-refractivity contribution in [1.29, 1.82) is 0 Å². The van der Waals surface area contributed by atoms with Crippen LogP contribution in [0.1, 0.15) is 76.0 Å². The summed E-state index contributed by atoms with van der Waals surface area (Å²) >= 11 is 0. The number of halogens is 3. The Balaban J connectivity index is 1.63. The summed E-state index contributed by atoms with van der Waals surface area (Å²) in [6, 6.07) is 1.09. The van der Waals surface area contributed by atoms with Gasteiger partial charge in [-0.2, -0.15) is 18.3 Å². The molecule has 170 valence electrons. The Morgan fingerprint density at radius 1 is 1.19 bits per heavy atom. The molecule has 0 radical (unpaired) electrons. The van der Waals surface area contributed by atoms with Crippen LogP contribution in [-0.2, 0) is 11.0 Å². The number of alkyl halides is 3. The highest BCUT2D eigenvalue weighted by atomic mass is 19.4. The molecule has 2 aromatic rings. The van der Waals surface area contributed by atoms with E-state index in [0.29, 0.717) is 18.8 Å². The fourth-order valence-electron chi connectivity index (χ4n) is 4.89. The maximum atomic E-state index is 13.9. The van der Waals surface area contributed by atoms with Gasteiger partial charge in [0, 0.05) is 36.7 Å². The molecule has 6 nitrogen and oxygen atoms in total. The molecule has 4 rings (SSSR count). The van der Waals surface area contributed by atoms with Crippen molar-refractivity contribution in [2.24, 2.45) is 5.92 Å². The Bertz CT molecular complexity index is 933. The van der Waals surface area contributed by atoms with Crippen LogP contribution >= 0.6 is 0 Å². The summed E-state index contributed by atoms with van der Waals surface area (Å²) in [5.74, 6) is 0.170. The first-order valence-corrected chi connectivity index (χ1v) is 11.3. The largest absolute Gasteiger partial charge is 0.417 e. The van der Waals surface area contributed by atoms with Gasteiger partial charge in [0.2, 0.25) is 5.91 Å². The minimum absolute atomic E-state index is 0.0316. The molecule has 2 fully saturated rings. The molecule has 2 aliphatic rings. The van der Waals surface area contributed by atoms with E-state index in [1.165, 1.54) is 6.42 Å². The Morgan fingerprint density at radius 3 is 2.61 bits per heavy atom. The van der Waals surface area contributed by atoms with Crippen molar-refractivity contribution in [3.8, 4) is 0 Å². The fraction of sp³-hybridized carbons (Fsp3) is 0.682. The lowest BCUT2D eigenvalue weighted by molar-refractivity contribution is -0.138. The number of hydrogen-bond donors (Lipinski definition) is 2. The fourth-order valence-corrected chi connectivity index (χ4v) is 4.89. The zero-order valence-corrected chi connectivity index (χ0v) is 18.1. The average Bonchev–Trinajstić information content (AvgIpc) is 3.14. The molecule has 9 heteroatoms. The van der Waals surface area contributed by atoms with Crippen molar-refractivity contribution in [2.45, 2.75) is 76.9 Å². The number of rotatable bonds is 4. The number of piperidine rings is 1. The van der Waals surface area contributed by atoms with Gasteiger partial charge >= 0.3 is 6.18 Å². The van der Waals surface area contributed by atoms with Crippen LogP contribution in [0, 0.1) is 5.92 Å². The summed E-state index contributed by atoms with van der Waals surface area (Å²) in [5.41, 5.74) is -0.232. The topological polar surface area (TPSA) is 73.9 Å². The first kappa shape index (κ1) is 21.9. The van der Waals surface area contributed by atoms with Crippen LogP contribution in [0.4, 0.5) is 19.0 Å². The molecule has 2 aromatic heterocycles. The van der Waals surface area contributed by atoms with Crippen molar-refractivity contribution in [3.63, 3.8) is 0 Å². The smallest absolute Gasteiger partial charge is 0.366 e. The Morgan fingerprint density at radius 2 is 1.94 bits per heavy atom. The number of nitrogens with zero attached hydrogens (tertiary/aromatic N) is 3. The molecule has 0 unspecified atom stereocenters. The lowest BCUT2D eigenvalue weighted by Gasteiger charge is -2.36. The first-order valence-electron chi connectivity index (χ1n) is 11.3. The van der Waals surface area contributed by atoms with Gasteiger partial charge in [-0.25, -0.2) is 4.98 Å². The Kier molecular flexibility index (Phi) is 6.12. The van der Waals surface area contributed by atoms with Crippen molar-refractivity contribution >= 4 is 22.8 Å². The number of hydrogen-bond acceptors (Lipinski definition) is 4. The normalized spacial score (nSPS) is 21.1. The van der Waals surface area contributed by atoms with E-state index in [-0.39, 0.29) is 40.6 Å². The van der Waals surface area contributed by atoms with Crippen LogP contribution in [-0.4, -0.2) is 45.1 Å². The van der Waals surface area contributed by atoms with Gasteiger partial charge in [0.1, 0.15) is 0 Å². The number of amides is 1. The monoisotopic (exact) mass is 437 g/mol. The number of H-pyrrole nitrogens is 1. The molecular formula is C22H30F3N5O. The summed E-state index contributed by atoms with van der Waals surface area (Å²) < 4.78 is 41.8.